The van der Waals surface area contributed by atoms with Crippen LogP contribution < -0.4 is 0 Å². The molecule has 0 unspecified atom stereocenters. The van der Waals surface area contributed by atoms with Gasteiger partial charge in [0.2, 0.25) is 0 Å². The van der Waals surface area contributed by atoms with Gasteiger partial charge in [-0.15, -0.1) is 0 Å². The van der Waals surface area contributed by atoms with Crippen molar-refractivity contribution in [1.82, 2.24) is 4.98 Å². The monoisotopic (exact) mass is 539 g/mol. The van der Waals surface area contributed by atoms with Gasteiger partial charge in [0.05, 0.1) is 0 Å². The van der Waals surface area contributed by atoms with Crippen LogP contribution >= 0.6 is 0 Å². The Labute approximate surface area is 249 Å². The summed E-state index contributed by atoms with van der Waals surface area (Å²) in [6, 6.07) is 65.0. The third-order valence-electron chi connectivity index (χ3n) is 6.72. The lowest BCUT2D eigenvalue weighted by Crippen LogP contribution is -1.80. The molecule has 0 radical (unpaired) electrons. The Morgan fingerprint density at radius 2 is 0.452 bits per heavy atom. The van der Waals surface area contributed by atoms with E-state index in [0.717, 1.165) is 0 Å². The lowest BCUT2D eigenvalue weighted by Gasteiger charge is -2.05. The molecule has 0 aliphatic rings. The first kappa shape index (κ1) is 28.0. The third-order valence-corrected chi connectivity index (χ3v) is 6.72. The van der Waals surface area contributed by atoms with Gasteiger partial charge in [-0.05, 0) is 68.8 Å². The summed E-state index contributed by atoms with van der Waals surface area (Å²) in [6.45, 7) is 0. The molecule has 0 fully saturated rings. The van der Waals surface area contributed by atoms with Gasteiger partial charge in [-0.2, -0.15) is 0 Å². The number of aromatic nitrogens is 1. The average molecular weight is 540 g/mol. The van der Waals surface area contributed by atoms with E-state index in [4.69, 9.17) is 0 Å². The minimum Gasteiger partial charge on any atom is -0.265 e. The van der Waals surface area contributed by atoms with E-state index in [1.807, 2.05) is 42.5 Å². The molecule has 0 amide bonds. The molecule has 1 heteroatoms. The molecular weight excluding hydrogens is 506 g/mol. The molecule has 7 aromatic rings. The van der Waals surface area contributed by atoms with Crippen molar-refractivity contribution in [2.75, 3.05) is 0 Å². The van der Waals surface area contributed by atoms with Crippen molar-refractivity contribution < 1.29 is 0 Å². The number of nitrogens with zero attached hydrogens (tertiary/aromatic N) is 1. The lowest BCUT2D eigenvalue weighted by atomic mass is 9.99. The van der Waals surface area contributed by atoms with Crippen LogP contribution in [-0.4, -0.2) is 4.98 Å². The van der Waals surface area contributed by atoms with Crippen LogP contribution in [0.5, 0.6) is 0 Å². The topological polar surface area (TPSA) is 12.9 Å². The quantitative estimate of drug-likeness (QED) is 0.217. The van der Waals surface area contributed by atoms with Crippen LogP contribution in [0.25, 0.3) is 44.5 Å². The summed E-state index contributed by atoms with van der Waals surface area (Å²) in [4.78, 5) is 3.78. The maximum Gasteiger partial charge on any atom is 0.0267 e. The first-order valence-electron chi connectivity index (χ1n) is 14.1. The number of hydrogen-bond acceptors (Lipinski definition) is 1. The molecule has 42 heavy (non-hydrogen) atoms. The highest BCUT2D eigenvalue weighted by Crippen LogP contribution is 2.27. The molecule has 0 saturated heterocycles. The van der Waals surface area contributed by atoms with Gasteiger partial charge in [0.25, 0.3) is 0 Å². The Hall–Kier alpha value is -5.53. The van der Waals surface area contributed by atoms with Crippen molar-refractivity contribution in [2.45, 2.75) is 0 Å². The Morgan fingerprint density at radius 1 is 0.214 bits per heavy atom. The van der Waals surface area contributed by atoms with Crippen LogP contribution in [0.2, 0.25) is 0 Å². The minimum absolute atomic E-state index is 1.26. The maximum absolute atomic E-state index is 3.78. The predicted octanol–water partition coefficient (Wildman–Crippen LogP) is 11.1. The van der Waals surface area contributed by atoms with Crippen molar-refractivity contribution in [1.29, 1.82) is 0 Å². The number of hydrogen-bond donors (Lipinski definition) is 0. The zero-order chi connectivity index (χ0) is 28.7. The van der Waals surface area contributed by atoms with Gasteiger partial charge in [0.15, 0.2) is 0 Å². The number of pyridine rings is 1. The zero-order valence-electron chi connectivity index (χ0n) is 23.5. The zero-order valence-corrected chi connectivity index (χ0v) is 23.5. The van der Waals surface area contributed by atoms with Gasteiger partial charge in [0.1, 0.15) is 0 Å². The predicted molar refractivity (Wildman–Crippen MR) is 179 cm³/mol. The second-order valence-corrected chi connectivity index (χ2v) is 9.65. The van der Waals surface area contributed by atoms with E-state index in [2.05, 4.69) is 151 Å². The molecule has 1 nitrogen and oxygen atoms in total. The Balaban J connectivity index is 0.000000141. The molecule has 0 bridgehead atoms. The van der Waals surface area contributed by atoms with Gasteiger partial charge in [0, 0.05) is 12.4 Å². The van der Waals surface area contributed by atoms with Crippen molar-refractivity contribution in [3.8, 4) is 44.5 Å². The van der Waals surface area contributed by atoms with Gasteiger partial charge >= 0.3 is 0 Å². The standard InChI is InChI=1S/2C18H14.C5H5N/c2*1-3-8-15(9-4-1)17-12-7-13-18(14-17)16-10-5-2-6-11-16;1-2-4-6-5-3-1/h2*1-14H;1-5H. The highest BCUT2D eigenvalue weighted by Gasteiger charge is 2.01. The molecule has 202 valence electrons. The van der Waals surface area contributed by atoms with E-state index in [1.54, 1.807) is 12.4 Å². The van der Waals surface area contributed by atoms with E-state index in [1.165, 1.54) is 44.5 Å². The Bertz CT molecular complexity index is 1480. The first-order chi connectivity index (χ1) is 20.9. The minimum atomic E-state index is 1.26. The van der Waals surface area contributed by atoms with Crippen molar-refractivity contribution in [2.24, 2.45) is 0 Å². The van der Waals surface area contributed by atoms with Crippen molar-refractivity contribution in [3.05, 3.63) is 200 Å². The van der Waals surface area contributed by atoms with Crippen LogP contribution in [0.4, 0.5) is 0 Å². The van der Waals surface area contributed by atoms with E-state index in [9.17, 15) is 0 Å². The molecule has 0 N–H and O–H groups in total. The second kappa shape index (κ2) is 15.3. The largest absolute Gasteiger partial charge is 0.265 e. The van der Waals surface area contributed by atoms with Gasteiger partial charge < -0.3 is 0 Å². The van der Waals surface area contributed by atoms with E-state index < -0.39 is 0 Å². The van der Waals surface area contributed by atoms with Gasteiger partial charge in [-0.3, -0.25) is 4.98 Å². The number of rotatable bonds is 4. The molecule has 6 aromatic carbocycles. The smallest absolute Gasteiger partial charge is 0.0267 e. The maximum atomic E-state index is 3.78. The van der Waals surface area contributed by atoms with Crippen LogP contribution in [-0.2, 0) is 0 Å². The fraction of sp³-hybridized carbons (Fsp3) is 0. The fourth-order valence-corrected chi connectivity index (χ4v) is 4.59. The van der Waals surface area contributed by atoms with Gasteiger partial charge in [-0.25, -0.2) is 0 Å². The Kier molecular flexibility index (Phi) is 10.2. The van der Waals surface area contributed by atoms with Gasteiger partial charge in [-0.1, -0.05) is 164 Å². The normalized spacial score (nSPS) is 9.90. The first-order valence-corrected chi connectivity index (χ1v) is 14.1. The highest BCUT2D eigenvalue weighted by molar-refractivity contribution is 5.74. The molecular formula is C41H33N. The van der Waals surface area contributed by atoms with E-state index in [-0.39, 0.29) is 0 Å². The molecule has 1 heterocycles. The van der Waals surface area contributed by atoms with Crippen LogP contribution in [0.3, 0.4) is 0 Å². The molecule has 1 aromatic heterocycles. The summed E-state index contributed by atoms with van der Waals surface area (Å²) in [6.07, 6.45) is 3.50. The van der Waals surface area contributed by atoms with Crippen LogP contribution in [0.1, 0.15) is 0 Å². The highest BCUT2D eigenvalue weighted by atomic mass is 14.6. The summed E-state index contributed by atoms with van der Waals surface area (Å²) in [5.41, 5.74) is 10.1. The van der Waals surface area contributed by atoms with Crippen molar-refractivity contribution in [3.63, 3.8) is 0 Å². The Morgan fingerprint density at radius 3 is 0.667 bits per heavy atom. The lowest BCUT2D eigenvalue weighted by molar-refractivity contribution is 1.33. The SMILES string of the molecule is c1ccc(-c2cccc(-c3ccccc3)c2)cc1.c1ccc(-c2cccc(-c3ccccc3)c2)cc1.c1ccncc1. The number of benzene rings is 6. The summed E-state index contributed by atoms with van der Waals surface area (Å²) in [5.74, 6) is 0. The molecule has 0 aliphatic carbocycles. The molecule has 0 atom stereocenters. The molecule has 0 aliphatic heterocycles. The van der Waals surface area contributed by atoms with E-state index in [0.29, 0.717) is 0 Å². The van der Waals surface area contributed by atoms with Crippen LogP contribution in [0, 0.1) is 0 Å². The summed E-state index contributed by atoms with van der Waals surface area (Å²) in [5, 5.41) is 0. The second-order valence-electron chi connectivity index (χ2n) is 9.65. The fourth-order valence-electron chi connectivity index (χ4n) is 4.59. The summed E-state index contributed by atoms with van der Waals surface area (Å²) < 4.78 is 0. The average Bonchev–Trinajstić information content (AvgIpc) is 3.11. The molecule has 7 rings (SSSR count). The summed E-state index contributed by atoms with van der Waals surface area (Å²) >= 11 is 0. The molecule has 0 saturated carbocycles. The van der Waals surface area contributed by atoms with Crippen molar-refractivity contribution >= 4 is 0 Å². The molecule has 0 spiro atoms. The van der Waals surface area contributed by atoms with Crippen LogP contribution in [0.15, 0.2) is 200 Å². The third kappa shape index (κ3) is 8.24. The summed E-state index contributed by atoms with van der Waals surface area (Å²) in [7, 11) is 0. The van der Waals surface area contributed by atoms with E-state index >= 15 is 0 Å².